The van der Waals surface area contributed by atoms with Crippen LogP contribution in [0.1, 0.15) is 52.7 Å². The summed E-state index contributed by atoms with van der Waals surface area (Å²) in [5.74, 6) is 0.721. The Kier molecular flexibility index (Phi) is 10.7. The summed E-state index contributed by atoms with van der Waals surface area (Å²) in [5, 5.41) is 25.6. The second kappa shape index (κ2) is 11.4. The van der Waals surface area contributed by atoms with Gasteiger partial charge in [0, 0.05) is 52.4 Å². The summed E-state index contributed by atoms with van der Waals surface area (Å²) >= 11 is 0. The van der Waals surface area contributed by atoms with Crippen LogP contribution in [0.4, 0.5) is 0 Å². The topological polar surface area (TPSA) is 64.5 Å². The Morgan fingerprint density at radius 3 is 1.19 bits per heavy atom. The zero-order valence-electron chi connectivity index (χ0n) is 17.2. The maximum atomic E-state index is 9.47. The van der Waals surface area contributed by atoms with Crippen LogP contribution in [0.5, 0.6) is 11.5 Å². The summed E-state index contributed by atoms with van der Waals surface area (Å²) in [5.41, 5.74) is 2.06. The Morgan fingerprint density at radius 2 is 0.926 bits per heavy atom. The molecule has 5 heteroatoms. The zero-order chi connectivity index (χ0) is 19.8. The molecule has 0 aliphatic heterocycles. The van der Waals surface area contributed by atoms with Gasteiger partial charge < -0.3 is 20.8 Å². The summed E-state index contributed by atoms with van der Waals surface area (Å²) in [6, 6.07) is 14.8. The van der Waals surface area contributed by atoms with Crippen LogP contribution in [0.15, 0.2) is 48.5 Å². The molecule has 0 aromatic heterocycles. The number of hydrogen-bond acceptors (Lipinski definition) is 4. The fourth-order valence-electron chi connectivity index (χ4n) is 2.04. The molecule has 0 fully saturated rings. The zero-order valence-corrected chi connectivity index (χ0v) is 18.2. The summed E-state index contributed by atoms with van der Waals surface area (Å²) < 4.78 is 0. The first-order valence-electron chi connectivity index (χ1n) is 9.02. The monoisotopic (exact) mass is 421 g/mol. The largest absolute Gasteiger partial charge is 0.508 e. The average molecular weight is 422 g/mol. The van der Waals surface area contributed by atoms with Crippen LogP contribution in [-0.2, 0) is 30.2 Å². The molecule has 1 radical (unpaired) electrons. The number of phenols is 2. The van der Waals surface area contributed by atoms with Crippen molar-refractivity contribution in [3.63, 3.8) is 0 Å². The molecule has 0 bridgehead atoms. The molecular weight excluding hydrogens is 388 g/mol. The van der Waals surface area contributed by atoms with E-state index in [1.165, 1.54) is 0 Å². The van der Waals surface area contributed by atoms with Crippen molar-refractivity contribution >= 4 is 0 Å². The van der Waals surface area contributed by atoms with Crippen LogP contribution in [0.25, 0.3) is 0 Å². The Hall–Kier alpha value is -1.52. The molecule has 0 unspecified atom stereocenters. The van der Waals surface area contributed by atoms with Gasteiger partial charge in [0.15, 0.2) is 0 Å². The summed E-state index contributed by atoms with van der Waals surface area (Å²) in [6.07, 6.45) is 0. The number of phenolic OH excluding ortho intramolecular Hbond substituents is 2. The van der Waals surface area contributed by atoms with Crippen LogP contribution in [-0.4, -0.2) is 21.3 Å². The van der Waals surface area contributed by atoms with Gasteiger partial charge >= 0.3 is 0 Å². The van der Waals surface area contributed by atoms with Crippen LogP contribution >= 0.6 is 0 Å². The van der Waals surface area contributed by atoms with E-state index in [9.17, 15) is 10.2 Å². The standard InChI is InChI=1S/2C11H17NO.Cu/c2*1-11(2,3)12-8-9-6-4-5-7-10(9)13;/h2*4-7,12-13H,8H2,1-3H3;. The van der Waals surface area contributed by atoms with Gasteiger partial charge in [0.2, 0.25) is 0 Å². The number of benzene rings is 2. The smallest absolute Gasteiger partial charge is 0.120 e. The minimum absolute atomic E-state index is 0. The van der Waals surface area contributed by atoms with Crippen molar-refractivity contribution in [1.29, 1.82) is 0 Å². The van der Waals surface area contributed by atoms with Crippen LogP contribution in [0, 0.1) is 0 Å². The maximum absolute atomic E-state index is 9.47. The predicted molar refractivity (Wildman–Crippen MR) is 109 cm³/mol. The molecule has 0 spiro atoms. The minimum Gasteiger partial charge on any atom is -0.508 e. The quantitative estimate of drug-likeness (QED) is 0.546. The molecule has 0 saturated heterocycles. The van der Waals surface area contributed by atoms with E-state index < -0.39 is 0 Å². The molecule has 4 nitrogen and oxygen atoms in total. The molecule has 27 heavy (non-hydrogen) atoms. The van der Waals surface area contributed by atoms with E-state index in [4.69, 9.17) is 0 Å². The second-order valence-corrected chi connectivity index (χ2v) is 8.46. The third-order valence-electron chi connectivity index (χ3n) is 3.60. The number of nitrogens with one attached hydrogen (secondary N) is 2. The molecule has 2 rings (SSSR count). The summed E-state index contributed by atoms with van der Waals surface area (Å²) in [4.78, 5) is 0. The number of rotatable bonds is 4. The molecule has 0 atom stereocenters. The van der Waals surface area contributed by atoms with Gasteiger partial charge in [0.05, 0.1) is 0 Å². The molecule has 155 valence electrons. The fourth-order valence-corrected chi connectivity index (χ4v) is 2.04. The Labute approximate surface area is 174 Å². The van der Waals surface area contributed by atoms with Gasteiger partial charge in [-0.3, -0.25) is 0 Å². The second-order valence-electron chi connectivity index (χ2n) is 8.46. The van der Waals surface area contributed by atoms with Crippen molar-refractivity contribution in [3.8, 4) is 11.5 Å². The van der Waals surface area contributed by atoms with E-state index in [0.717, 1.165) is 11.1 Å². The molecular formula is C22H34CuN2O2. The molecule has 0 saturated carbocycles. The molecule has 0 amide bonds. The number of aromatic hydroxyl groups is 2. The first-order chi connectivity index (χ1) is 12.0. The van der Waals surface area contributed by atoms with Crippen LogP contribution < -0.4 is 10.6 Å². The van der Waals surface area contributed by atoms with E-state index in [0.29, 0.717) is 24.6 Å². The minimum atomic E-state index is 0. The van der Waals surface area contributed by atoms with Crippen molar-refractivity contribution in [2.75, 3.05) is 0 Å². The first kappa shape index (κ1) is 25.5. The van der Waals surface area contributed by atoms with Gasteiger partial charge in [0.25, 0.3) is 0 Å². The predicted octanol–water partition coefficient (Wildman–Crippen LogP) is 4.56. The van der Waals surface area contributed by atoms with Gasteiger partial charge in [-0.2, -0.15) is 0 Å². The van der Waals surface area contributed by atoms with Crippen molar-refractivity contribution < 1.29 is 27.3 Å². The Bertz CT molecular complexity index is 617. The van der Waals surface area contributed by atoms with Crippen molar-refractivity contribution in [2.45, 2.75) is 65.7 Å². The maximum Gasteiger partial charge on any atom is 0.120 e. The van der Waals surface area contributed by atoms with Gasteiger partial charge in [-0.1, -0.05) is 36.4 Å². The number of para-hydroxylation sites is 2. The summed E-state index contributed by atoms with van der Waals surface area (Å²) in [6.45, 7) is 14.0. The van der Waals surface area contributed by atoms with Gasteiger partial charge in [-0.05, 0) is 53.7 Å². The Morgan fingerprint density at radius 1 is 0.630 bits per heavy atom. The van der Waals surface area contributed by atoms with E-state index in [1.807, 2.05) is 36.4 Å². The van der Waals surface area contributed by atoms with Crippen LogP contribution in [0.3, 0.4) is 0 Å². The molecule has 0 heterocycles. The fraction of sp³-hybridized carbons (Fsp3) is 0.455. The SMILES string of the molecule is CC(C)(C)NCc1ccccc1O.CC(C)(C)NCc1ccccc1O.[Cu]. The third kappa shape index (κ3) is 11.7. The van der Waals surface area contributed by atoms with E-state index in [1.54, 1.807) is 12.1 Å². The molecule has 0 aliphatic carbocycles. The van der Waals surface area contributed by atoms with Gasteiger partial charge in [-0.25, -0.2) is 0 Å². The van der Waals surface area contributed by atoms with E-state index >= 15 is 0 Å². The summed E-state index contributed by atoms with van der Waals surface area (Å²) in [7, 11) is 0. The first-order valence-corrected chi connectivity index (χ1v) is 9.02. The molecule has 2 aromatic rings. The average Bonchev–Trinajstić information content (AvgIpc) is 2.52. The van der Waals surface area contributed by atoms with Crippen LogP contribution in [0.2, 0.25) is 0 Å². The number of hydrogen-bond donors (Lipinski definition) is 4. The van der Waals surface area contributed by atoms with E-state index in [2.05, 4.69) is 52.2 Å². The third-order valence-corrected chi connectivity index (χ3v) is 3.60. The Balaban J connectivity index is 0.000000483. The van der Waals surface area contributed by atoms with Gasteiger partial charge in [-0.15, -0.1) is 0 Å². The molecule has 4 N–H and O–H groups in total. The van der Waals surface area contributed by atoms with E-state index in [-0.39, 0.29) is 28.1 Å². The normalized spacial score (nSPS) is 11.2. The molecule has 0 aliphatic rings. The van der Waals surface area contributed by atoms with Gasteiger partial charge in [0.1, 0.15) is 11.5 Å². The molecule has 2 aromatic carbocycles. The van der Waals surface area contributed by atoms with Crippen molar-refractivity contribution in [2.24, 2.45) is 0 Å². The van der Waals surface area contributed by atoms with Crippen molar-refractivity contribution in [3.05, 3.63) is 59.7 Å². The van der Waals surface area contributed by atoms with Crippen molar-refractivity contribution in [1.82, 2.24) is 10.6 Å².